The minimum atomic E-state index is 0.588. The van der Waals surface area contributed by atoms with E-state index in [1.165, 1.54) is 23.4 Å². The Hall–Kier alpha value is -0.870. The van der Waals surface area contributed by atoms with Crippen LogP contribution < -0.4 is 10.6 Å². The number of hydrogen-bond acceptors (Lipinski definition) is 3. The van der Waals surface area contributed by atoms with Crippen LogP contribution in [0.4, 0.5) is 0 Å². The standard InChI is InChI=1S/C15H30N4/c1-6-19-14(5)15(13(4)18-19)8-11-16-9-7-10-17-12(2)3/h12,16-17H,6-11H2,1-5H3. The molecule has 4 heteroatoms. The van der Waals surface area contributed by atoms with E-state index in [1.54, 1.807) is 0 Å². The summed E-state index contributed by atoms with van der Waals surface area (Å²) in [5.74, 6) is 0. The first-order valence-corrected chi connectivity index (χ1v) is 7.53. The summed E-state index contributed by atoms with van der Waals surface area (Å²) in [6, 6.07) is 0.588. The van der Waals surface area contributed by atoms with E-state index in [4.69, 9.17) is 0 Å². The quantitative estimate of drug-likeness (QED) is 0.672. The summed E-state index contributed by atoms with van der Waals surface area (Å²) in [5, 5.41) is 11.5. The van der Waals surface area contributed by atoms with Gasteiger partial charge in [-0.1, -0.05) is 13.8 Å². The zero-order valence-electron chi connectivity index (χ0n) is 13.2. The third kappa shape index (κ3) is 5.33. The Kier molecular flexibility index (Phi) is 7.10. The predicted octanol–water partition coefficient (Wildman–Crippen LogP) is 2.04. The second kappa shape index (κ2) is 8.33. The first-order valence-electron chi connectivity index (χ1n) is 7.53. The van der Waals surface area contributed by atoms with Crippen molar-refractivity contribution in [1.82, 2.24) is 20.4 Å². The van der Waals surface area contributed by atoms with E-state index in [0.29, 0.717) is 6.04 Å². The highest BCUT2D eigenvalue weighted by atomic mass is 15.3. The van der Waals surface area contributed by atoms with Crippen LogP contribution in [0.3, 0.4) is 0 Å². The lowest BCUT2D eigenvalue weighted by molar-refractivity contribution is 0.548. The van der Waals surface area contributed by atoms with E-state index >= 15 is 0 Å². The molecular weight excluding hydrogens is 236 g/mol. The first-order chi connectivity index (χ1) is 9.06. The molecule has 1 aromatic heterocycles. The third-order valence-electron chi connectivity index (χ3n) is 3.47. The second-order valence-electron chi connectivity index (χ2n) is 5.43. The monoisotopic (exact) mass is 266 g/mol. The van der Waals surface area contributed by atoms with Gasteiger partial charge in [0, 0.05) is 18.3 Å². The van der Waals surface area contributed by atoms with Crippen LogP contribution in [0.15, 0.2) is 0 Å². The molecule has 0 atom stereocenters. The van der Waals surface area contributed by atoms with Crippen LogP contribution in [0.5, 0.6) is 0 Å². The third-order valence-corrected chi connectivity index (χ3v) is 3.47. The van der Waals surface area contributed by atoms with Crippen molar-refractivity contribution in [3.8, 4) is 0 Å². The Morgan fingerprint density at radius 1 is 1.16 bits per heavy atom. The van der Waals surface area contributed by atoms with Crippen LogP contribution in [0.1, 0.15) is 44.1 Å². The molecule has 4 nitrogen and oxygen atoms in total. The zero-order valence-corrected chi connectivity index (χ0v) is 13.2. The molecule has 0 saturated heterocycles. The molecule has 2 N–H and O–H groups in total. The smallest absolute Gasteiger partial charge is 0.0628 e. The molecule has 0 aliphatic rings. The lowest BCUT2D eigenvalue weighted by atomic mass is 10.1. The fourth-order valence-corrected chi connectivity index (χ4v) is 2.35. The van der Waals surface area contributed by atoms with E-state index in [0.717, 1.165) is 32.6 Å². The lowest BCUT2D eigenvalue weighted by Crippen LogP contribution is -2.27. The molecule has 0 aliphatic heterocycles. The van der Waals surface area contributed by atoms with E-state index < -0.39 is 0 Å². The first kappa shape index (κ1) is 16.2. The van der Waals surface area contributed by atoms with Crippen LogP contribution in [0.25, 0.3) is 0 Å². The maximum absolute atomic E-state index is 4.56. The van der Waals surface area contributed by atoms with E-state index in [-0.39, 0.29) is 0 Å². The molecule has 0 amide bonds. The molecule has 0 saturated carbocycles. The van der Waals surface area contributed by atoms with Gasteiger partial charge in [0.1, 0.15) is 0 Å². The molecule has 1 aromatic rings. The van der Waals surface area contributed by atoms with Gasteiger partial charge in [-0.2, -0.15) is 5.10 Å². The van der Waals surface area contributed by atoms with Crippen LogP contribution in [0, 0.1) is 13.8 Å². The normalized spacial score (nSPS) is 11.5. The summed E-state index contributed by atoms with van der Waals surface area (Å²) in [5.41, 5.74) is 3.92. The molecule has 110 valence electrons. The summed E-state index contributed by atoms with van der Waals surface area (Å²) >= 11 is 0. The summed E-state index contributed by atoms with van der Waals surface area (Å²) in [6.07, 6.45) is 2.26. The predicted molar refractivity (Wildman–Crippen MR) is 81.7 cm³/mol. The number of aromatic nitrogens is 2. The van der Waals surface area contributed by atoms with Crippen molar-refractivity contribution >= 4 is 0 Å². The van der Waals surface area contributed by atoms with Crippen molar-refractivity contribution in [3.05, 3.63) is 17.0 Å². The van der Waals surface area contributed by atoms with Gasteiger partial charge in [-0.3, -0.25) is 4.68 Å². The Morgan fingerprint density at radius 2 is 1.89 bits per heavy atom. The van der Waals surface area contributed by atoms with Crippen molar-refractivity contribution < 1.29 is 0 Å². The molecule has 0 aliphatic carbocycles. The summed E-state index contributed by atoms with van der Waals surface area (Å²) in [4.78, 5) is 0. The average molecular weight is 266 g/mol. The molecule has 1 heterocycles. The highest BCUT2D eigenvalue weighted by molar-refractivity contribution is 5.24. The van der Waals surface area contributed by atoms with Gasteiger partial charge in [0.25, 0.3) is 0 Å². The van der Waals surface area contributed by atoms with Gasteiger partial charge in [-0.15, -0.1) is 0 Å². The van der Waals surface area contributed by atoms with Gasteiger partial charge in [-0.05, 0) is 58.8 Å². The van der Waals surface area contributed by atoms with Crippen molar-refractivity contribution in [1.29, 1.82) is 0 Å². The van der Waals surface area contributed by atoms with Crippen molar-refractivity contribution in [2.75, 3.05) is 19.6 Å². The minimum absolute atomic E-state index is 0.588. The van der Waals surface area contributed by atoms with Gasteiger partial charge in [0.2, 0.25) is 0 Å². The summed E-state index contributed by atoms with van der Waals surface area (Å²) < 4.78 is 2.09. The van der Waals surface area contributed by atoms with E-state index in [2.05, 4.69) is 55.0 Å². The van der Waals surface area contributed by atoms with Crippen molar-refractivity contribution in [2.45, 2.75) is 60.0 Å². The number of nitrogens with one attached hydrogen (secondary N) is 2. The number of nitrogens with zero attached hydrogens (tertiary/aromatic N) is 2. The summed E-state index contributed by atoms with van der Waals surface area (Å²) in [6.45, 7) is 15.0. The average Bonchev–Trinajstić information content (AvgIpc) is 2.64. The minimum Gasteiger partial charge on any atom is -0.316 e. The SMILES string of the molecule is CCn1nc(C)c(CCNCCCNC(C)C)c1C. The van der Waals surface area contributed by atoms with E-state index in [1.807, 2.05) is 0 Å². The highest BCUT2D eigenvalue weighted by Crippen LogP contribution is 2.13. The van der Waals surface area contributed by atoms with Crippen LogP contribution in [-0.2, 0) is 13.0 Å². The van der Waals surface area contributed by atoms with Gasteiger partial charge < -0.3 is 10.6 Å². The second-order valence-corrected chi connectivity index (χ2v) is 5.43. The van der Waals surface area contributed by atoms with Crippen molar-refractivity contribution in [2.24, 2.45) is 0 Å². The molecule has 19 heavy (non-hydrogen) atoms. The fourth-order valence-electron chi connectivity index (χ4n) is 2.35. The van der Waals surface area contributed by atoms with Crippen molar-refractivity contribution in [3.63, 3.8) is 0 Å². The molecule has 0 spiro atoms. The lowest BCUT2D eigenvalue weighted by Gasteiger charge is -2.08. The van der Waals surface area contributed by atoms with Gasteiger partial charge in [0.15, 0.2) is 0 Å². The van der Waals surface area contributed by atoms with Crippen LogP contribution in [-0.4, -0.2) is 35.5 Å². The van der Waals surface area contributed by atoms with Crippen LogP contribution >= 0.6 is 0 Å². The van der Waals surface area contributed by atoms with Gasteiger partial charge >= 0.3 is 0 Å². The molecule has 0 fully saturated rings. The Balaban J connectivity index is 2.21. The Morgan fingerprint density at radius 3 is 2.47 bits per heavy atom. The summed E-state index contributed by atoms with van der Waals surface area (Å²) in [7, 11) is 0. The van der Waals surface area contributed by atoms with Crippen LogP contribution in [0.2, 0.25) is 0 Å². The Bertz CT molecular complexity index is 368. The number of rotatable bonds is 9. The maximum atomic E-state index is 4.56. The molecule has 0 unspecified atom stereocenters. The Labute approximate surface area is 118 Å². The van der Waals surface area contributed by atoms with Gasteiger partial charge in [-0.25, -0.2) is 0 Å². The maximum Gasteiger partial charge on any atom is 0.0628 e. The molecule has 0 radical (unpaired) electrons. The molecule has 1 rings (SSSR count). The van der Waals surface area contributed by atoms with E-state index in [9.17, 15) is 0 Å². The number of hydrogen-bond donors (Lipinski definition) is 2. The highest BCUT2D eigenvalue weighted by Gasteiger charge is 2.09. The molecule has 0 bridgehead atoms. The number of aryl methyl sites for hydroxylation is 2. The van der Waals surface area contributed by atoms with Gasteiger partial charge in [0.05, 0.1) is 5.69 Å². The topological polar surface area (TPSA) is 41.9 Å². The largest absolute Gasteiger partial charge is 0.316 e. The zero-order chi connectivity index (χ0) is 14.3. The molecule has 0 aromatic carbocycles. The molecular formula is C15H30N4. The fraction of sp³-hybridized carbons (Fsp3) is 0.800.